The zero-order valence-corrected chi connectivity index (χ0v) is 9.36. The highest BCUT2D eigenvalue weighted by molar-refractivity contribution is 6.09. The summed E-state index contributed by atoms with van der Waals surface area (Å²) in [7, 11) is 1.80. The van der Waals surface area contributed by atoms with Crippen LogP contribution in [-0.2, 0) is 15.1 Å². The third-order valence-electron chi connectivity index (χ3n) is 3.50. The van der Waals surface area contributed by atoms with Crippen molar-refractivity contribution in [3.8, 4) is 0 Å². The van der Waals surface area contributed by atoms with E-state index in [0.717, 1.165) is 16.8 Å². The average molecular weight is 215 g/mol. The number of para-hydroxylation sites is 1. The minimum absolute atomic E-state index is 0.0138. The van der Waals surface area contributed by atoms with E-state index >= 15 is 0 Å². The Morgan fingerprint density at radius 2 is 2.12 bits per heavy atom. The molecular weight excluding hydrogens is 202 g/mol. The molecule has 2 aliphatic rings. The van der Waals surface area contributed by atoms with E-state index in [-0.39, 0.29) is 5.91 Å². The van der Waals surface area contributed by atoms with Gasteiger partial charge in [-0.1, -0.05) is 24.3 Å². The average Bonchev–Trinajstić information content (AvgIpc) is 2.78. The Morgan fingerprint density at radius 3 is 2.81 bits per heavy atom. The van der Waals surface area contributed by atoms with Gasteiger partial charge in [-0.05, 0) is 18.6 Å². The largest absolute Gasteiger partial charge is 0.352 e. The van der Waals surface area contributed by atoms with E-state index in [1.807, 2.05) is 37.3 Å². The first-order chi connectivity index (χ1) is 7.68. The SMILES string of the molecule is CC1=CCOC12C(=O)N(C)c1ccccc12. The molecule has 1 unspecified atom stereocenters. The summed E-state index contributed by atoms with van der Waals surface area (Å²) in [6.45, 7) is 2.47. The molecule has 0 aromatic heterocycles. The number of carbonyl (C=O) groups excluding carboxylic acids is 1. The fourth-order valence-corrected chi connectivity index (χ4v) is 2.59. The van der Waals surface area contributed by atoms with Crippen LogP contribution < -0.4 is 4.90 Å². The molecule has 0 fully saturated rings. The standard InChI is InChI=1S/C13H13NO2/c1-9-7-8-16-13(9)10-5-3-4-6-11(10)14(2)12(13)15/h3-7H,8H2,1-2H3. The van der Waals surface area contributed by atoms with Crippen molar-refractivity contribution < 1.29 is 9.53 Å². The van der Waals surface area contributed by atoms with Crippen LogP contribution in [0.15, 0.2) is 35.9 Å². The summed E-state index contributed by atoms with van der Waals surface area (Å²) in [5, 5.41) is 0. The summed E-state index contributed by atoms with van der Waals surface area (Å²) in [6, 6.07) is 7.81. The summed E-state index contributed by atoms with van der Waals surface area (Å²) in [6.07, 6.45) is 1.98. The van der Waals surface area contributed by atoms with Gasteiger partial charge in [-0.25, -0.2) is 0 Å². The molecule has 1 spiro atoms. The number of nitrogens with zero attached hydrogens (tertiary/aromatic N) is 1. The van der Waals surface area contributed by atoms with E-state index in [1.54, 1.807) is 11.9 Å². The Hall–Kier alpha value is -1.61. The van der Waals surface area contributed by atoms with Gasteiger partial charge in [0.05, 0.1) is 12.3 Å². The van der Waals surface area contributed by atoms with Gasteiger partial charge in [-0.2, -0.15) is 0 Å². The minimum atomic E-state index is -0.842. The molecule has 0 aliphatic carbocycles. The van der Waals surface area contributed by atoms with E-state index in [1.165, 1.54) is 0 Å². The van der Waals surface area contributed by atoms with Gasteiger partial charge in [-0.15, -0.1) is 0 Å². The molecule has 1 atom stereocenters. The summed E-state index contributed by atoms with van der Waals surface area (Å²) in [4.78, 5) is 14.0. The molecule has 1 amide bonds. The van der Waals surface area contributed by atoms with Gasteiger partial charge in [0.15, 0.2) is 5.60 Å². The molecule has 2 heterocycles. The Morgan fingerprint density at radius 1 is 1.38 bits per heavy atom. The lowest BCUT2D eigenvalue weighted by Crippen LogP contribution is -2.39. The summed E-state index contributed by atoms with van der Waals surface area (Å²) in [5.74, 6) is 0.0138. The molecule has 2 aliphatic heterocycles. The maximum atomic E-state index is 12.4. The van der Waals surface area contributed by atoms with E-state index < -0.39 is 5.60 Å². The van der Waals surface area contributed by atoms with Crippen LogP contribution in [0.2, 0.25) is 0 Å². The molecule has 0 N–H and O–H groups in total. The van der Waals surface area contributed by atoms with E-state index in [9.17, 15) is 4.79 Å². The lowest BCUT2D eigenvalue weighted by molar-refractivity contribution is -0.135. The van der Waals surface area contributed by atoms with Crippen molar-refractivity contribution in [1.29, 1.82) is 0 Å². The molecule has 3 rings (SSSR count). The highest BCUT2D eigenvalue weighted by Crippen LogP contribution is 2.48. The molecular formula is C13H13NO2. The van der Waals surface area contributed by atoms with Crippen LogP contribution in [-0.4, -0.2) is 19.6 Å². The maximum absolute atomic E-state index is 12.4. The quantitative estimate of drug-likeness (QED) is 0.618. The van der Waals surface area contributed by atoms with Crippen LogP contribution in [0, 0.1) is 0 Å². The normalized spacial score (nSPS) is 27.5. The van der Waals surface area contributed by atoms with Gasteiger partial charge in [0.25, 0.3) is 5.91 Å². The van der Waals surface area contributed by atoms with E-state index in [4.69, 9.17) is 4.74 Å². The van der Waals surface area contributed by atoms with Crippen LogP contribution in [0.25, 0.3) is 0 Å². The number of anilines is 1. The monoisotopic (exact) mass is 215 g/mol. The van der Waals surface area contributed by atoms with E-state index in [0.29, 0.717) is 6.61 Å². The Balaban J connectivity index is 2.29. The van der Waals surface area contributed by atoms with Crippen LogP contribution in [0.3, 0.4) is 0 Å². The first-order valence-corrected chi connectivity index (χ1v) is 5.37. The van der Waals surface area contributed by atoms with Crippen molar-refractivity contribution in [3.05, 3.63) is 41.5 Å². The zero-order valence-electron chi connectivity index (χ0n) is 9.36. The number of carbonyl (C=O) groups is 1. The summed E-state index contributed by atoms with van der Waals surface area (Å²) < 4.78 is 5.74. The molecule has 3 heteroatoms. The van der Waals surface area contributed by atoms with Gasteiger partial charge in [0.1, 0.15) is 0 Å². The number of amides is 1. The van der Waals surface area contributed by atoms with Gasteiger partial charge < -0.3 is 9.64 Å². The Kier molecular flexibility index (Phi) is 1.77. The fraction of sp³-hybridized carbons (Fsp3) is 0.308. The number of ether oxygens (including phenoxy) is 1. The van der Waals surface area contributed by atoms with Gasteiger partial charge >= 0.3 is 0 Å². The number of likely N-dealkylation sites (N-methyl/N-ethyl adjacent to an activating group) is 1. The third-order valence-corrected chi connectivity index (χ3v) is 3.50. The minimum Gasteiger partial charge on any atom is -0.352 e. The number of rotatable bonds is 0. The summed E-state index contributed by atoms with van der Waals surface area (Å²) >= 11 is 0. The topological polar surface area (TPSA) is 29.5 Å². The van der Waals surface area contributed by atoms with Crippen LogP contribution >= 0.6 is 0 Å². The Labute approximate surface area is 94.3 Å². The second kappa shape index (κ2) is 2.95. The first kappa shape index (κ1) is 9.60. The van der Waals surface area contributed by atoms with Crippen molar-refractivity contribution in [2.24, 2.45) is 0 Å². The fourth-order valence-electron chi connectivity index (χ4n) is 2.59. The second-order valence-corrected chi connectivity index (χ2v) is 4.26. The van der Waals surface area contributed by atoms with Crippen LogP contribution in [0.1, 0.15) is 12.5 Å². The smallest absolute Gasteiger partial charge is 0.268 e. The lowest BCUT2D eigenvalue weighted by atomic mass is 9.89. The molecule has 0 saturated heterocycles. The molecule has 82 valence electrons. The predicted octanol–water partition coefficient (Wildman–Crippen LogP) is 1.83. The van der Waals surface area contributed by atoms with Crippen molar-refractivity contribution in [2.75, 3.05) is 18.6 Å². The Bertz CT molecular complexity index is 506. The van der Waals surface area contributed by atoms with Crippen molar-refractivity contribution in [3.63, 3.8) is 0 Å². The molecule has 1 aromatic carbocycles. The number of benzene rings is 1. The maximum Gasteiger partial charge on any atom is 0.268 e. The number of fused-ring (bicyclic) bond motifs is 2. The van der Waals surface area contributed by atoms with Crippen molar-refractivity contribution >= 4 is 11.6 Å². The zero-order chi connectivity index (χ0) is 11.3. The molecule has 0 radical (unpaired) electrons. The van der Waals surface area contributed by atoms with E-state index in [2.05, 4.69) is 0 Å². The van der Waals surface area contributed by atoms with Gasteiger partial charge in [0.2, 0.25) is 0 Å². The number of hydrogen-bond donors (Lipinski definition) is 0. The molecule has 16 heavy (non-hydrogen) atoms. The lowest BCUT2D eigenvalue weighted by Gasteiger charge is -2.24. The highest BCUT2D eigenvalue weighted by Gasteiger charge is 2.53. The van der Waals surface area contributed by atoms with Gasteiger partial charge in [-0.3, -0.25) is 4.79 Å². The predicted molar refractivity (Wildman–Crippen MR) is 61.2 cm³/mol. The molecule has 0 bridgehead atoms. The van der Waals surface area contributed by atoms with Crippen molar-refractivity contribution in [2.45, 2.75) is 12.5 Å². The molecule has 3 nitrogen and oxygen atoms in total. The van der Waals surface area contributed by atoms with Crippen LogP contribution in [0.5, 0.6) is 0 Å². The summed E-state index contributed by atoms with van der Waals surface area (Å²) in [5.41, 5.74) is 2.07. The van der Waals surface area contributed by atoms with Crippen molar-refractivity contribution in [1.82, 2.24) is 0 Å². The van der Waals surface area contributed by atoms with Gasteiger partial charge in [0, 0.05) is 12.6 Å². The first-order valence-electron chi connectivity index (χ1n) is 5.37. The second-order valence-electron chi connectivity index (χ2n) is 4.26. The molecule has 0 saturated carbocycles. The number of hydrogen-bond acceptors (Lipinski definition) is 2. The van der Waals surface area contributed by atoms with Crippen LogP contribution in [0.4, 0.5) is 5.69 Å². The third kappa shape index (κ3) is 0.895. The highest BCUT2D eigenvalue weighted by atomic mass is 16.5. The molecule has 1 aromatic rings.